The van der Waals surface area contributed by atoms with Crippen LogP contribution < -0.4 is 10.6 Å². The van der Waals surface area contributed by atoms with Crippen LogP contribution in [0.3, 0.4) is 0 Å². The molecule has 1 aromatic carbocycles. The fourth-order valence-corrected chi connectivity index (χ4v) is 2.71. The van der Waals surface area contributed by atoms with E-state index in [2.05, 4.69) is 23.6 Å². The number of nitriles is 1. The summed E-state index contributed by atoms with van der Waals surface area (Å²) < 4.78 is 0. The highest BCUT2D eigenvalue weighted by Gasteiger charge is 2.37. The van der Waals surface area contributed by atoms with Crippen LogP contribution in [0.1, 0.15) is 31.7 Å². The lowest BCUT2D eigenvalue weighted by atomic mass is 9.76. The molecule has 2 rings (SSSR count). The van der Waals surface area contributed by atoms with Crippen molar-refractivity contribution in [1.82, 2.24) is 5.32 Å². The summed E-state index contributed by atoms with van der Waals surface area (Å²) in [6.07, 6.45) is 3.05. The van der Waals surface area contributed by atoms with Gasteiger partial charge in [-0.15, -0.1) is 0 Å². The molecule has 0 aliphatic carbocycles. The highest BCUT2D eigenvalue weighted by atomic mass is 16.2. The largest absolute Gasteiger partial charge is 0.326 e. The fourth-order valence-electron chi connectivity index (χ4n) is 2.71. The molecule has 0 radical (unpaired) electrons. The van der Waals surface area contributed by atoms with Gasteiger partial charge in [-0.2, -0.15) is 5.26 Å². The Kier molecular flexibility index (Phi) is 4.75. The first-order valence-corrected chi connectivity index (χ1v) is 7.18. The van der Waals surface area contributed by atoms with E-state index in [4.69, 9.17) is 5.26 Å². The first kappa shape index (κ1) is 14.5. The number of hydrogen-bond acceptors (Lipinski definition) is 3. The van der Waals surface area contributed by atoms with Gasteiger partial charge in [0.25, 0.3) is 0 Å². The van der Waals surface area contributed by atoms with Crippen molar-refractivity contribution in [3.05, 3.63) is 29.8 Å². The molecule has 1 aliphatic heterocycles. The molecular formula is C16H21N3O. The van der Waals surface area contributed by atoms with E-state index in [1.165, 1.54) is 0 Å². The Balaban J connectivity index is 2.04. The van der Waals surface area contributed by atoms with Crippen LogP contribution in [0.5, 0.6) is 0 Å². The van der Waals surface area contributed by atoms with Crippen molar-refractivity contribution in [3.63, 3.8) is 0 Å². The molecule has 0 atom stereocenters. The highest BCUT2D eigenvalue weighted by Crippen LogP contribution is 2.33. The van der Waals surface area contributed by atoms with E-state index in [0.717, 1.165) is 43.6 Å². The maximum atomic E-state index is 12.5. The standard InChI is InChI=1S/C16H21N3O/c1-2-16(8-11-18-12-9-16)15(20)19-14-5-3-13(4-6-14)7-10-17/h3-6,18H,2,7-9,11-12H2,1H3,(H,19,20). The topological polar surface area (TPSA) is 64.9 Å². The summed E-state index contributed by atoms with van der Waals surface area (Å²) in [6.45, 7) is 3.89. The summed E-state index contributed by atoms with van der Waals surface area (Å²) in [5, 5.41) is 15.0. The van der Waals surface area contributed by atoms with Crippen LogP contribution >= 0.6 is 0 Å². The van der Waals surface area contributed by atoms with E-state index >= 15 is 0 Å². The number of rotatable bonds is 4. The van der Waals surface area contributed by atoms with Gasteiger partial charge in [0.1, 0.15) is 0 Å². The molecule has 0 spiro atoms. The van der Waals surface area contributed by atoms with Crippen LogP contribution in [0.4, 0.5) is 5.69 Å². The van der Waals surface area contributed by atoms with Gasteiger partial charge in [-0.25, -0.2) is 0 Å². The zero-order chi connectivity index (χ0) is 14.4. The maximum Gasteiger partial charge on any atom is 0.230 e. The average molecular weight is 271 g/mol. The number of nitrogens with zero attached hydrogens (tertiary/aromatic N) is 1. The number of carbonyl (C=O) groups is 1. The summed E-state index contributed by atoms with van der Waals surface area (Å²) in [5.41, 5.74) is 1.54. The predicted octanol–water partition coefficient (Wildman–Crippen LogP) is 2.47. The van der Waals surface area contributed by atoms with Crippen molar-refractivity contribution in [1.29, 1.82) is 5.26 Å². The molecule has 0 unspecified atom stereocenters. The third-order valence-corrected chi connectivity index (χ3v) is 4.21. The third-order valence-electron chi connectivity index (χ3n) is 4.21. The molecule has 1 saturated heterocycles. The summed E-state index contributed by atoms with van der Waals surface area (Å²) in [5.74, 6) is 0.120. The Morgan fingerprint density at radius 3 is 2.55 bits per heavy atom. The monoisotopic (exact) mass is 271 g/mol. The number of amides is 1. The van der Waals surface area contributed by atoms with Crippen molar-refractivity contribution in [2.45, 2.75) is 32.6 Å². The summed E-state index contributed by atoms with van der Waals surface area (Å²) >= 11 is 0. The van der Waals surface area contributed by atoms with Gasteiger partial charge in [0, 0.05) is 5.69 Å². The molecule has 4 nitrogen and oxygen atoms in total. The third kappa shape index (κ3) is 3.17. The molecule has 2 N–H and O–H groups in total. The quantitative estimate of drug-likeness (QED) is 0.884. The Morgan fingerprint density at radius 1 is 1.35 bits per heavy atom. The summed E-state index contributed by atoms with van der Waals surface area (Å²) in [6, 6.07) is 9.63. The predicted molar refractivity (Wildman–Crippen MR) is 79.2 cm³/mol. The van der Waals surface area contributed by atoms with Crippen molar-refractivity contribution >= 4 is 11.6 Å². The molecule has 4 heteroatoms. The minimum absolute atomic E-state index is 0.120. The van der Waals surface area contributed by atoms with Gasteiger partial charge >= 0.3 is 0 Å². The molecule has 1 amide bonds. The van der Waals surface area contributed by atoms with Crippen LogP contribution in [0.2, 0.25) is 0 Å². The van der Waals surface area contributed by atoms with E-state index < -0.39 is 0 Å². The molecule has 0 saturated carbocycles. The van der Waals surface area contributed by atoms with Gasteiger partial charge in [0.05, 0.1) is 17.9 Å². The Bertz CT molecular complexity index is 495. The van der Waals surface area contributed by atoms with Crippen LogP contribution in [0, 0.1) is 16.7 Å². The Labute approximate surface area is 120 Å². The lowest BCUT2D eigenvalue weighted by molar-refractivity contribution is -0.127. The number of nitrogens with one attached hydrogen (secondary N) is 2. The lowest BCUT2D eigenvalue weighted by Crippen LogP contribution is -2.44. The SMILES string of the molecule is CCC1(C(=O)Nc2ccc(CC#N)cc2)CCNCC1. The van der Waals surface area contributed by atoms with Gasteiger partial charge in [0.15, 0.2) is 0 Å². The second kappa shape index (κ2) is 6.53. The van der Waals surface area contributed by atoms with E-state index in [-0.39, 0.29) is 11.3 Å². The number of anilines is 1. The molecule has 20 heavy (non-hydrogen) atoms. The lowest BCUT2D eigenvalue weighted by Gasteiger charge is -2.35. The van der Waals surface area contributed by atoms with Crippen molar-refractivity contribution < 1.29 is 4.79 Å². The van der Waals surface area contributed by atoms with Gasteiger partial charge < -0.3 is 10.6 Å². The van der Waals surface area contributed by atoms with Crippen molar-refractivity contribution in [2.75, 3.05) is 18.4 Å². The molecule has 1 fully saturated rings. The van der Waals surface area contributed by atoms with Gasteiger partial charge in [0.2, 0.25) is 5.91 Å². The Hall–Kier alpha value is -1.86. The second-order valence-corrected chi connectivity index (χ2v) is 5.37. The molecular weight excluding hydrogens is 250 g/mol. The smallest absolute Gasteiger partial charge is 0.230 e. The molecule has 0 bridgehead atoms. The highest BCUT2D eigenvalue weighted by molar-refractivity contribution is 5.95. The van der Waals surface area contributed by atoms with E-state index in [0.29, 0.717) is 6.42 Å². The second-order valence-electron chi connectivity index (χ2n) is 5.37. The number of piperidine rings is 1. The van der Waals surface area contributed by atoms with Crippen LogP contribution in [0.15, 0.2) is 24.3 Å². The molecule has 1 heterocycles. The van der Waals surface area contributed by atoms with E-state index in [9.17, 15) is 4.79 Å². The summed E-state index contributed by atoms with van der Waals surface area (Å²) in [4.78, 5) is 12.5. The number of benzene rings is 1. The molecule has 0 aromatic heterocycles. The number of hydrogen-bond donors (Lipinski definition) is 2. The zero-order valence-electron chi connectivity index (χ0n) is 11.9. The normalized spacial score (nSPS) is 17.2. The minimum Gasteiger partial charge on any atom is -0.326 e. The van der Waals surface area contributed by atoms with Crippen LogP contribution in [0.25, 0.3) is 0 Å². The van der Waals surface area contributed by atoms with Crippen LogP contribution in [-0.2, 0) is 11.2 Å². The van der Waals surface area contributed by atoms with Crippen LogP contribution in [-0.4, -0.2) is 19.0 Å². The first-order chi connectivity index (χ1) is 9.70. The van der Waals surface area contributed by atoms with E-state index in [1.54, 1.807) is 0 Å². The number of carbonyl (C=O) groups excluding carboxylic acids is 1. The summed E-state index contributed by atoms with van der Waals surface area (Å²) in [7, 11) is 0. The van der Waals surface area contributed by atoms with Gasteiger partial charge in [-0.05, 0) is 50.0 Å². The first-order valence-electron chi connectivity index (χ1n) is 7.18. The average Bonchev–Trinajstić information content (AvgIpc) is 2.50. The van der Waals surface area contributed by atoms with Crippen molar-refractivity contribution in [3.8, 4) is 6.07 Å². The Morgan fingerprint density at radius 2 is 2.00 bits per heavy atom. The molecule has 1 aromatic rings. The van der Waals surface area contributed by atoms with Gasteiger partial charge in [-0.3, -0.25) is 4.79 Å². The van der Waals surface area contributed by atoms with Gasteiger partial charge in [-0.1, -0.05) is 19.1 Å². The fraction of sp³-hybridized carbons (Fsp3) is 0.500. The van der Waals surface area contributed by atoms with E-state index in [1.807, 2.05) is 24.3 Å². The molecule has 106 valence electrons. The maximum absolute atomic E-state index is 12.5. The minimum atomic E-state index is -0.240. The molecule has 1 aliphatic rings. The zero-order valence-corrected chi connectivity index (χ0v) is 11.9. The van der Waals surface area contributed by atoms with Crippen molar-refractivity contribution in [2.24, 2.45) is 5.41 Å².